The van der Waals surface area contributed by atoms with Crippen LogP contribution in [0.3, 0.4) is 0 Å². The van der Waals surface area contributed by atoms with E-state index in [2.05, 4.69) is 0 Å². The van der Waals surface area contributed by atoms with Crippen molar-refractivity contribution < 1.29 is 18.7 Å². The first-order valence-electron chi connectivity index (χ1n) is 5.77. The number of aromatic carboxylic acids is 1. The maximum absolute atomic E-state index is 13.2. The lowest BCUT2D eigenvalue weighted by atomic mass is 10.1. The van der Waals surface area contributed by atoms with Crippen LogP contribution in [0.5, 0.6) is 0 Å². The summed E-state index contributed by atoms with van der Waals surface area (Å²) in [5.41, 5.74) is 1.08. The lowest BCUT2D eigenvalue weighted by Gasteiger charge is -2.02. The molecule has 1 aromatic heterocycles. The van der Waals surface area contributed by atoms with Crippen molar-refractivity contribution in [3.63, 3.8) is 0 Å². The topological polar surface area (TPSA) is 50.4 Å². The Bertz CT molecular complexity index is 823. The first-order chi connectivity index (χ1) is 9.54. The monoisotopic (exact) mass is 290 g/mol. The molecule has 0 aliphatic heterocycles. The Morgan fingerprint density at radius 2 is 1.95 bits per heavy atom. The van der Waals surface area contributed by atoms with E-state index < -0.39 is 5.97 Å². The average molecular weight is 291 g/mol. The lowest BCUT2D eigenvalue weighted by molar-refractivity contribution is 0.0697. The molecule has 0 aliphatic rings. The van der Waals surface area contributed by atoms with Gasteiger partial charge in [-0.2, -0.15) is 0 Å². The smallest absolute Gasteiger partial charge is 0.335 e. The standard InChI is InChI=1S/C15H8ClFO3/c16-12-3-1-8(15(18)19)6-11(12)14-7-9-5-10(17)2-4-13(9)20-14/h1-7H,(H,18,19). The zero-order valence-corrected chi connectivity index (χ0v) is 10.8. The highest BCUT2D eigenvalue weighted by molar-refractivity contribution is 6.33. The molecule has 0 saturated carbocycles. The molecule has 0 atom stereocenters. The van der Waals surface area contributed by atoms with E-state index in [0.29, 0.717) is 27.3 Å². The van der Waals surface area contributed by atoms with E-state index in [1.54, 1.807) is 6.07 Å². The Kier molecular flexibility index (Phi) is 2.95. The second-order valence-corrected chi connectivity index (χ2v) is 4.70. The van der Waals surface area contributed by atoms with E-state index in [0.717, 1.165) is 0 Å². The summed E-state index contributed by atoms with van der Waals surface area (Å²) in [5.74, 6) is -1.01. The second kappa shape index (κ2) is 4.65. The Labute approximate surface area is 118 Å². The van der Waals surface area contributed by atoms with Crippen molar-refractivity contribution in [2.24, 2.45) is 0 Å². The fourth-order valence-electron chi connectivity index (χ4n) is 1.99. The van der Waals surface area contributed by atoms with Crippen molar-refractivity contribution in [1.29, 1.82) is 0 Å². The van der Waals surface area contributed by atoms with Gasteiger partial charge in [-0.1, -0.05) is 11.6 Å². The van der Waals surface area contributed by atoms with Gasteiger partial charge in [0.25, 0.3) is 0 Å². The Balaban J connectivity index is 2.19. The van der Waals surface area contributed by atoms with Crippen LogP contribution in [0.4, 0.5) is 4.39 Å². The largest absolute Gasteiger partial charge is 0.478 e. The third kappa shape index (κ3) is 2.14. The van der Waals surface area contributed by atoms with Crippen LogP contribution in [0.15, 0.2) is 46.9 Å². The van der Waals surface area contributed by atoms with Gasteiger partial charge < -0.3 is 9.52 Å². The van der Waals surface area contributed by atoms with Gasteiger partial charge >= 0.3 is 5.97 Å². The molecule has 100 valence electrons. The molecular weight excluding hydrogens is 283 g/mol. The molecule has 5 heteroatoms. The molecule has 3 aromatic rings. The van der Waals surface area contributed by atoms with E-state index in [-0.39, 0.29) is 11.4 Å². The maximum atomic E-state index is 13.2. The van der Waals surface area contributed by atoms with Crippen LogP contribution in [0, 0.1) is 5.82 Å². The Hall–Kier alpha value is -2.33. The van der Waals surface area contributed by atoms with E-state index in [4.69, 9.17) is 21.1 Å². The number of carboxylic acid groups (broad SMARTS) is 1. The molecule has 3 rings (SSSR count). The molecule has 0 saturated heterocycles. The third-order valence-electron chi connectivity index (χ3n) is 2.96. The molecule has 0 aliphatic carbocycles. The van der Waals surface area contributed by atoms with E-state index in [1.165, 1.54) is 36.4 Å². The fraction of sp³-hybridized carbons (Fsp3) is 0. The predicted molar refractivity (Wildman–Crippen MR) is 73.6 cm³/mol. The van der Waals surface area contributed by atoms with Crippen LogP contribution in [-0.4, -0.2) is 11.1 Å². The minimum atomic E-state index is -1.05. The summed E-state index contributed by atoms with van der Waals surface area (Å²) in [6.45, 7) is 0. The number of carboxylic acids is 1. The molecule has 2 aromatic carbocycles. The highest BCUT2D eigenvalue weighted by Gasteiger charge is 2.13. The van der Waals surface area contributed by atoms with Crippen LogP contribution in [-0.2, 0) is 0 Å². The summed E-state index contributed by atoms with van der Waals surface area (Å²) in [7, 11) is 0. The summed E-state index contributed by atoms with van der Waals surface area (Å²) in [4.78, 5) is 11.0. The summed E-state index contributed by atoms with van der Waals surface area (Å²) in [5, 5.41) is 9.96. The van der Waals surface area contributed by atoms with Crippen LogP contribution < -0.4 is 0 Å². The minimum absolute atomic E-state index is 0.107. The molecule has 0 bridgehead atoms. The summed E-state index contributed by atoms with van der Waals surface area (Å²) >= 11 is 6.07. The van der Waals surface area contributed by atoms with Crippen molar-refractivity contribution >= 4 is 28.5 Å². The van der Waals surface area contributed by atoms with E-state index >= 15 is 0 Å². The maximum Gasteiger partial charge on any atom is 0.335 e. The van der Waals surface area contributed by atoms with E-state index in [1.807, 2.05) is 0 Å². The highest BCUT2D eigenvalue weighted by atomic mass is 35.5. The number of carbonyl (C=O) groups is 1. The molecule has 0 radical (unpaired) electrons. The number of fused-ring (bicyclic) bond motifs is 1. The van der Waals surface area contributed by atoms with Crippen molar-refractivity contribution in [3.05, 3.63) is 58.9 Å². The van der Waals surface area contributed by atoms with Gasteiger partial charge in [0.1, 0.15) is 17.2 Å². The van der Waals surface area contributed by atoms with Gasteiger partial charge in [0.05, 0.1) is 10.6 Å². The van der Waals surface area contributed by atoms with Gasteiger partial charge in [-0.05, 0) is 42.5 Å². The lowest BCUT2D eigenvalue weighted by Crippen LogP contribution is -1.96. The van der Waals surface area contributed by atoms with Crippen molar-refractivity contribution in [3.8, 4) is 11.3 Å². The highest BCUT2D eigenvalue weighted by Crippen LogP contribution is 2.33. The first kappa shape index (κ1) is 12.7. The quantitative estimate of drug-likeness (QED) is 0.751. The number of rotatable bonds is 2. The summed E-state index contributed by atoms with van der Waals surface area (Å²) in [6.07, 6.45) is 0. The summed E-state index contributed by atoms with van der Waals surface area (Å²) < 4.78 is 18.7. The number of furan rings is 1. The van der Waals surface area contributed by atoms with Crippen LogP contribution in [0.2, 0.25) is 5.02 Å². The number of hydrogen-bond acceptors (Lipinski definition) is 2. The average Bonchev–Trinajstić information content (AvgIpc) is 2.81. The van der Waals surface area contributed by atoms with Crippen molar-refractivity contribution in [2.45, 2.75) is 0 Å². The zero-order valence-electron chi connectivity index (χ0n) is 10.1. The van der Waals surface area contributed by atoms with Crippen LogP contribution in [0.1, 0.15) is 10.4 Å². The van der Waals surface area contributed by atoms with Gasteiger partial charge in [0.2, 0.25) is 0 Å². The van der Waals surface area contributed by atoms with Gasteiger partial charge in [-0.3, -0.25) is 0 Å². The normalized spacial score (nSPS) is 10.9. The van der Waals surface area contributed by atoms with Gasteiger partial charge in [-0.25, -0.2) is 9.18 Å². The first-order valence-corrected chi connectivity index (χ1v) is 6.15. The van der Waals surface area contributed by atoms with Crippen LogP contribution in [0.25, 0.3) is 22.3 Å². The Morgan fingerprint density at radius 3 is 2.70 bits per heavy atom. The van der Waals surface area contributed by atoms with Gasteiger partial charge in [-0.15, -0.1) is 0 Å². The van der Waals surface area contributed by atoms with E-state index in [9.17, 15) is 9.18 Å². The van der Waals surface area contributed by atoms with Crippen LogP contribution >= 0.6 is 11.6 Å². The Morgan fingerprint density at radius 1 is 1.15 bits per heavy atom. The van der Waals surface area contributed by atoms with Crippen molar-refractivity contribution in [2.75, 3.05) is 0 Å². The minimum Gasteiger partial charge on any atom is -0.478 e. The predicted octanol–water partition coefficient (Wildman–Crippen LogP) is 4.59. The molecule has 0 fully saturated rings. The molecule has 1 N–H and O–H groups in total. The number of halogens is 2. The molecule has 0 spiro atoms. The summed E-state index contributed by atoms with van der Waals surface area (Å²) in [6, 6.07) is 10.1. The van der Waals surface area contributed by atoms with Crippen molar-refractivity contribution in [1.82, 2.24) is 0 Å². The molecule has 3 nitrogen and oxygen atoms in total. The number of hydrogen-bond donors (Lipinski definition) is 1. The molecule has 20 heavy (non-hydrogen) atoms. The molecular formula is C15H8ClFO3. The SMILES string of the molecule is O=C(O)c1ccc(Cl)c(-c2cc3cc(F)ccc3o2)c1. The van der Waals surface area contributed by atoms with Gasteiger partial charge in [0.15, 0.2) is 0 Å². The molecule has 1 heterocycles. The fourth-order valence-corrected chi connectivity index (χ4v) is 2.20. The second-order valence-electron chi connectivity index (χ2n) is 4.29. The number of benzene rings is 2. The zero-order chi connectivity index (χ0) is 14.3. The third-order valence-corrected chi connectivity index (χ3v) is 3.29. The molecule has 0 amide bonds. The molecule has 0 unspecified atom stereocenters. The van der Waals surface area contributed by atoms with Gasteiger partial charge in [0, 0.05) is 10.9 Å².